The van der Waals surface area contributed by atoms with E-state index in [1.165, 1.54) is 49.7 Å². The Morgan fingerprint density at radius 3 is 2.00 bits per heavy atom. The van der Waals surface area contributed by atoms with Gasteiger partial charge < -0.3 is 0 Å². The highest BCUT2D eigenvalue weighted by Gasteiger charge is 2.21. The third kappa shape index (κ3) is 3.56. The summed E-state index contributed by atoms with van der Waals surface area (Å²) in [5, 5.41) is 0. The van der Waals surface area contributed by atoms with Crippen LogP contribution in [0.25, 0.3) is 11.1 Å². The molecule has 3 rings (SSSR count). The lowest BCUT2D eigenvalue weighted by Crippen LogP contribution is -2.13. The topological polar surface area (TPSA) is 0 Å². The molecule has 2 aromatic rings. The van der Waals surface area contributed by atoms with Crippen LogP contribution >= 0.6 is 0 Å². The Morgan fingerprint density at radius 1 is 0.762 bits per heavy atom. The normalized spacial score (nSPS) is 22.1. The summed E-state index contributed by atoms with van der Waals surface area (Å²) >= 11 is 0. The van der Waals surface area contributed by atoms with Crippen LogP contribution in [0.5, 0.6) is 0 Å². The predicted octanol–water partition coefficient (Wildman–Crippen LogP) is 6.43. The van der Waals surface area contributed by atoms with Gasteiger partial charge in [0.05, 0.1) is 0 Å². The molecule has 0 aliphatic heterocycles. The highest BCUT2D eigenvalue weighted by atomic mass is 14.3. The highest BCUT2D eigenvalue weighted by Crippen LogP contribution is 2.37. The maximum atomic E-state index is 2.35. The molecule has 1 fully saturated rings. The zero-order valence-electron chi connectivity index (χ0n) is 13.1. The molecule has 0 unspecified atom stereocenters. The van der Waals surface area contributed by atoms with Crippen LogP contribution in [0.15, 0.2) is 54.6 Å². The van der Waals surface area contributed by atoms with Crippen molar-refractivity contribution in [2.24, 2.45) is 5.92 Å². The lowest BCUT2D eigenvalue weighted by molar-refractivity contribution is 0.308. The fourth-order valence-corrected chi connectivity index (χ4v) is 3.77. The molecule has 0 aromatic heterocycles. The van der Waals surface area contributed by atoms with Gasteiger partial charge in [0, 0.05) is 0 Å². The van der Waals surface area contributed by atoms with Gasteiger partial charge in [-0.2, -0.15) is 0 Å². The molecule has 0 nitrogen and oxygen atoms in total. The van der Waals surface area contributed by atoms with Crippen LogP contribution in [0.4, 0.5) is 0 Å². The summed E-state index contributed by atoms with van der Waals surface area (Å²) in [4.78, 5) is 0. The summed E-state index contributed by atoms with van der Waals surface area (Å²) in [7, 11) is 0. The second kappa shape index (κ2) is 6.93. The molecule has 0 amide bonds. The van der Waals surface area contributed by atoms with Gasteiger partial charge in [-0.3, -0.25) is 0 Å². The molecule has 0 N–H and O–H groups in total. The first-order valence-corrected chi connectivity index (χ1v) is 8.52. The van der Waals surface area contributed by atoms with E-state index in [1.54, 1.807) is 5.56 Å². The Kier molecular flexibility index (Phi) is 4.75. The van der Waals surface area contributed by atoms with Crippen molar-refractivity contribution in [3.05, 3.63) is 60.2 Å². The minimum atomic E-state index is 0.794. The maximum absolute atomic E-state index is 2.35. The first kappa shape index (κ1) is 14.4. The molecule has 1 aliphatic carbocycles. The number of rotatable bonds is 4. The number of hydrogen-bond donors (Lipinski definition) is 0. The van der Waals surface area contributed by atoms with Crippen LogP contribution in [0, 0.1) is 5.92 Å². The van der Waals surface area contributed by atoms with Crippen molar-refractivity contribution in [3.63, 3.8) is 0 Å². The quantitative estimate of drug-likeness (QED) is 0.604. The third-order valence-corrected chi connectivity index (χ3v) is 5.03. The van der Waals surface area contributed by atoms with Gasteiger partial charge in [-0.25, -0.2) is 0 Å². The minimum Gasteiger partial charge on any atom is -0.0654 e. The van der Waals surface area contributed by atoms with Crippen LogP contribution < -0.4 is 0 Å². The van der Waals surface area contributed by atoms with Crippen molar-refractivity contribution in [1.82, 2.24) is 0 Å². The van der Waals surface area contributed by atoms with Gasteiger partial charge in [-0.15, -0.1) is 0 Å². The molecule has 0 radical (unpaired) electrons. The fourth-order valence-electron chi connectivity index (χ4n) is 3.77. The lowest BCUT2D eigenvalue weighted by Gasteiger charge is -2.28. The Labute approximate surface area is 129 Å². The molecule has 0 saturated heterocycles. The smallest absolute Gasteiger partial charge is 0.0162 e. The summed E-state index contributed by atoms with van der Waals surface area (Å²) in [6.07, 6.45) is 8.41. The van der Waals surface area contributed by atoms with E-state index >= 15 is 0 Å². The molecule has 0 heteroatoms. The first-order chi connectivity index (χ1) is 10.4. The average Bonchev–Trinajstić information content (AvgIpc) is 2.57. The van der Waals surface area contributed by atoms with Crippen LogP contribution in [-0.4, -0.2) is 0 Å². The number of benzene rings is 2. The monoisotopic (exact) mass is 278 g/mol. The van der Waals surface area contributed by atoms with Crippen molar-refractivity contribution in [1.29, 1.82) is 0 Å². The zero-order valence-corrected chi connectivity index (χ0v) is 13.1. The van der Waals surface area contributed by atoms with E-state index in [2.05, 4.69) is 61.5 Å². The van der Waals surface area contributed by atoms with E-state index in [4.69, 9.17) is 0 Å². The van der Waals surface area contributed by atoms with E-state index in [0.717, 1.165) is 11.8 Å². The van der Waals surface area contributed by atoms with Gasteiger partial charge in [0.2, 0.25) is 0 Å². The molecule has 110 valence electrons. The first-order valence-electron chi connectivity index (χ1n) is 8.52. The van der Waals surface area contributed by atoms with Gasteiger partial charge >= 0.3 is 0 Å². The molecular formula is C21H26. The summed E-state index contributed by atoms with van der Waals surface area (Å²) in [5.74, 6) is 1.79. The van der Waals surface area contributed by atoms with Gasteiger partial charge in [0.15, 0.2) is 0 Å². The van der Waals surface area contributed by atoms with Gasteiger partial charge in [0.25, 0.3) is 0 Å². The van der Waals surface area contributed by atoms with Gasteiger partial charge in [0.1, 0.15) is 0 Å². The van der Waals surface area contributed by atoms with Crippen LogP contribution in [0.2, 0.25) is 0 Å². The van der Waals surface area contributed by atoms with E-state index < -0.39 is 0 Å². The van der Waals surface area contributed by atoms with Gasteiger partial charge in [-0.1, -0.05) is 74.4 Å². The Bertz CT molecular complexity index is 530. The summed E-state index contributed by atoms with van der Waals surface area (Å²) < 4.78 is 0. The average molecular weight is 278 g/mol. The second-order valence-corrected chi connectivity index (χ2v) is 6.49. The van der Waals surface area contributed by atoms with Crippen LogP contribution in [0.1, 0.15) is 56.9 Å². The van der Waals surface area contributed by atoms with Crippen molar-refractivity contribution in [2.45, 2.75) is 51.4 Å². The van der Waals surface area contributed by atoms with Crippen molar-refractivity contribution >= 4 is 0 Å². The summed E-state index contributed by atoms with van der Waals surface area (Å²) in [5.41, 5.74) is 4.19. The molecular weight excluding hydrogens is 252 g/mol. The van der Waals surface area contributed by atoms with E-state index in [1.807, 2.05) is 0 Å². The van der Waals surface area contributed by atoms with Crippen molar-refractivity contribution < 1.29 is 0 Å². The lowest BCUT2D eigenvalue weighted by atomic mass is 9.77. The molecule has 0 bridgehead atoms. The Hall–Kier alpha value is -1.56. The Balaban J connectivity index is 1.65. The fraction of sp³-hybridized carbons (Fsp3) is 0.429. The van der Waals surface area contributed by atoms with Crippen molar-refractivity contribution in [3.8, 4) is 11.1 Å². The third-order valence-electron chi connectivity index (χ3n) is 5.03. The highest BCUT2D eigenvalue weighted by molar-refractivity contribution is 5.63. The predicted molar refractivity (Wildman–Crippen MR) is 91.5 cm³/mol. The molecule has 0 atom stereocenters. The number of hydrogen-bond acceptors (Lipinski definition) is 0. The van der Waals surface area contributed by atoms with E-state index in [9.17, 15) is 0 Å². The van der Waals surface area contributed by atoms with Gasteiger partial charge in [-0.05, 0) is 54.2 Å². The zero-order chi connectivity index (χ0) is 14.5. The molecule has 2 aromatic carbocycles. The van der Waals surface area contributed by atoms with E-state index in [-0.39, 0.29) is 0 Å². The molecule has 1 saturated carbocycles. The molecule has 21 heavy (non-hydrogen) atoms. The van der Waals surface area contributed by atoms with Crippen LogP contribution in [0.3, 0.4) is 0 Å². The summed E-state index contributed by atoms with van der Waals surface area (Å²) in [6.45, 7) is 2.31. The SMILES string of the molecule is CCCC1CCC(c2ccc(-c3ccccc3)cc2)CC1. The minimum absolute atomic E-state index is 0.794. The van der Waals surface area contributed by atoms with Crippen LogP contribution in [-0.2, 0) is 0 Å². The van der Waals surface area contributed by atoms with E-state index in [0.29, 0.717) is 0 Å². The molecule has 1 aliphatic rings. The van der Waals surface area contributed by atoms with Crippen molar-refractivity contribution in [2.75, 3.05) is 0 Å². The standard InChI is InChI=1S/C21H26/c1-2-6-17-9-11-19(12-10-17)21-15-13-20(14-16-21)18-7-4-3-5-8-18/h3-5,7-8,13-17,19H,2,6,9-12H2,1H3. The molecule has 0 heterocycles. The largest absolute Gasteiger partial charge is 0.0654 e. The molecule has 0 spiro atoms. The maximum Gasteiger partial charge on any atom is -0.0162 e. The Morgan fingerprint density at radius 2 is 1.38 bits per heavy atom. The second-order valence-electron chi connectivity index (χ2n) is 6.49. The summed E-state index contributed by atoms with van der Waals surface area (Å²) in [6, 6.07) is 20.0.